The van der Waals surface area contributed by atoms with Crippen LogP contribution in [0.1, 0.15) is 57.3 Å². The molecule has 2 aliphatic rings. The lowest BCUT2D eigenvalue weighted by Crippen LogP contribution is -2.48. The van der Waals surface area contributed by atoms with Gasteiger partial charge in [-0.2, -0.15) is 0 Å². The number of rotatable bonds is 11. The molecule has 7 heterocycles. The van der Waals surface area contributed by atoms with Gasteiger partial charge in [0.05, 0.1) is 66.7 Å². The number of thiazole rings is 1. The maximum absolute atomic E-state index is 15.1. The number of methoxy groups -OCH3 is 2. The first kappa shape index (κ1) is 46.5. The molecule has 7 aromatic rings. The molecule has 0 spiro atoms. The van der Waals surface area contributed by atoms with E-state index in [4.69, 9.17) is 32.7 Å². The number of fused-ring (bicyclic) bond motifs is 2. The zero-order valence-corrected chi connectivity index (χ0v) is 39.1. The number of hydrogen-bond donors (Lipinski definition) is 3. The predicted molar refractivity (Wildman–Crippen MR) is 255 cm³/mol. The van der Waals surface area contributed by atoms with E-state index in [9.17, 15) is 14.0 Å². The number of ether oxygens (including phenoxy) is 2. The number of carbonyl (C=O) groups excluding carboxylic acids is 2. The zero-order chi connectivity index (χ0) is 47.2. The minimum atomic E-state index is -0.445. The number of anilines is 3. The van der Waals surface area contributed by atoms with E-state index in [-0.39, 0.29) is 24.9 Å². The van der Waals surface area contributed by atoms with Crippen LogP contribution in [-0.2, 0) is 35.4 Å². The van der Waals surface area contributed by atoms with Gasteiger partial charge in [0, 0.05) is 43.6 Å². The molecule has 0 saturated heterocycles. The summed E-state index contributed by atoms with van der Waals surface area (Å²) < 4.78 is 43.7. The van der Waals surface area contributed by atoms with Crippen LogP contribution in [0.3, 0.4) is 0 Å². The van der Waals surface area contributed by atoms with E-state index in [1.54, 1.807) is 85.9 Å². The minimum Gasteiger partial charge on any atom is -0.467 e. The fourth-order valence-corrected chi connectivity index (χ4v) is 8.47. The average Bonchev–Trinajstić information content (AvgIpc) is 4.10. The number of aryl methyl sites for hydroxylation is 2. The molecule has 22 heteroatoms. The number of aromatic nitrogens is 5. The van der Waals surface area contributed by atoms with Gasteiger partial charge in [-0.3, -0.25) is 38.7 Å². The first-order valence-electron chi connectivity index (χ1n) is 21.1. The Morgan fingerprint density at radius 1 is 0.776 bits per heavy atom. The highest BCUT2D eigenvalue weighted by atomic mass is 35.5. The zero-order valence-electron chi connectivity index (χ0n) is 36.8. The summed E-state index contributed by atoms with van der Waals surface area (Å²) in [6.45, 7) is 6.19. The smallest absolute Gasteiger partial charge is 0.315 e. The number of benzene rings is 2. The number of nitrogens with zero attached hydrogens (tertiary/aromatic N) is 10. The van der Waals surface area contributed by atoms with Gasteiger partial charge in [0.15, 0.2) is 5.13 Å². The van der Waals surface area contributed by atoms with Crippen molar-refractivity contribution < 1.29 is 27.8 Å². The second-order valence-corrected chi connectivity index (χ2v) is 16.7. The highest BCUT2D eigenvalue weighted by Crippen LogP contribution is 2.27. The van der Waals surface area contributed by atoms with Crippen molar-refractivity contribution >= 4 is 86.2 Å². The molecule has 348 valence electrons. The van der Waals surface area contributed by atoms with Crippen LogP contribution in [0.5, 0.6) is 0 Å². The normalized spacial score (nSPS) is 13.7. The van der Waals surface area contributed by atoms with Crippen molar-refractivity contribution in [2.45, 2.75) is 39.8 Å². The molecule has 0 atom stereocenters. The van der Waals surface area contributed by atoms with Crippen LogP contribution in [0.25, 0.3) is 11.3 Å². The fraction of sp³-hybridized carbons (Fsp3) is 0.267. The molecule has 0 radical (unpaired) electrons. The van der Waals surface area contributed by atoms with E-state index in [1.807, 2.05) is 24.1 Å². The van der Waals surface area contributed by atoms with Crippen molar-refractivity contribution in [1.82, 2.24) is 39.8 Å². The number of hydrazone groups is 1. The SMILES string of the molecule is CCc1nc2ccc(Cl)cn2c1C(=O)NCc1ccc(N2CCN(c3nccs3)C(OC)=N2)c(F)c1.CCc1nc2ccc(Cl)cn2c1C(=O)NCc1ccc(N2CCN=C(OC)N2)c(F)c1. The Morgan fingerprint density at radius 2 is 1.36 bits per heavy atom. The number of hydrazine groups is 1. The Kier molecular flexibility index (Phi) is 14.3. The average molecular weight is 973 g/mol. The van der Waals surface area contributed by atoms with Crippen molar-refractivity contribution in [3.05, 3.63) is 140 Å². The molecule has 0 saturated carbocycles. The lowest BCUT2D eigenvalue weighted by molar-refractivity contribution is 0.0936. The van der Waals surface area contributed by atoms with Gasteiger partial charge >= 0.3 is 12.0 Å². The predicted octanol–water partition coefficient (Wildman–Crippen LogP) is 7.27. The third-order valence-corrected chi connectivity index (χ3v) is 12.0. The number of carbonyl (C=O) groups is 2. The molecule has 67 heavy (non-hydrogen) atoms. The summed E-state index contributed by atoms with van der Waals surface area (Å²) in [7, 11) is 3.02. The Bertz CT molecular complexity index is 3000. The van der Waals surface area contributed by atoms with Crippen molar-refractivity contribution in [2.75, 3.05) is 55.3 Å². The van der Waals surface area contributed by atoms with Gasteiger partial charge in [-0.25, -0.2) is 28.7 Å². The van der Waals surface area contributed by atoms with Crippen molar-refractivity contribution in [1.29, 1.82) is 0 Å². The molecule has 0 fully saturated rings. The van der Waals surface area contributed by atoms with Crippen LogP contribution < -0.4 is 31.0 Å². The highest BCUT2D eigenvalue weighted by Gasteiger charge is 2.27. The standard InChI is InChI=1S/C24H23ClFN7O2S.C21H22ClFN6O2/c1-3-18-21(32-14-16(25)5-7-20(32)29-18)22(34)28-13-15-4-6-19(17(26)12-15)33-10-9-31(23(30-33)35-2)24-27-8-11-36-24;1-3-16-19(28-12-14(22)5-7-18(28)26-16)20(30)25-11-13-4-6-17(15(23)10-13)29-9-8-24-21(27-29)31-2/h4-8,11-12,14H,3,9-10,13H2,1-2H3,(H,28,34);4-7,10,12H,3,8-9,11H2,1-2H3,(H,24,27)(H,25,30). The lowest BCUT2D eigenvalue weighted by Gasteiger charge is -2.31. The quantitative estimate of drug-likeness (QED) is 0.119. The fourth-order valence-electron chi connectivity index (χ4n) is 7.49. The summed E-state index contributed by atoms with van der Waals surface area (Å²) in [5.74, 6) is -1.46. The molecule has 0 aliphatic carbocycles. The van der Waals surface area contributed by atoms with Gasteiger partial charge in [-0.1, -0.05) is 49.2 Å². The number of amidine groups is 2. The summed E-state index contributed by atoms with van der Waals surface area (Å²) in [6, 6.07) is 17.3. The van der Waals surface area contributed by atoms with E-state index in [2.05, 4.69) is 41.1 Å². The molecule has 0 unspecified atom stereocenters. The second-order valence-electron chi connectivity index (χ2n) is 14.9. The Hall–Kier alpha value is -7.03. The van der Waals surface area contributed by atoms with Crippen LogP contribution in [0.4, 0.5) is 25.3 Å². The van der Waals surface area contributed by atoms with Crippen LogP contribution in [-0.4, -0.2) is 88.0 Å². The molecule has 5 aromatic heterocycles. The van der Waals surface area contributed by atoms with Crippen molar-refractivity contribution in [3.8, 4) is 0 Å². The molecule has 3 N–H and O–H groups in total. The van der Waals surface area contributed by atoms with Gasteiger partial charge in [0.2, 0.25) is 0 Å². The van der Waals surface area contributed by atoms with E-state index in [1.165, 1.54) is 37.7 Å². The van der Waals surface area contributed by atoms with Crippen LogP contribution >= 0.6 is 34.5 Å². The minimum absolute atomic E-state index is 0.150. The molecule has 17 nitrogen and oxygen atoms in total. The first-order valence-corrected chi connectivity index (χ1v) is 22.8. The van der Waals surface area contributed by atoms with Gasteiger partial charge < -0.3 is 20.1 Å². The van der Waals surface area contributed by atoms with E-state index in [0.29, 0.717) is 118 Å². The maximum Gasteiger partial charge on any atom is 0.315 e. The number of halogens is 4. The van der Waals surface area contributed by atoms with Gasteiger partial charge in [-0.05, 0) is 72.5 Å². The lowest BCUT2D eigenvalue weighted by atomic mass is 10.1. The summed E-state index contributed by atoms with van der Waals surface area (Å²) in [5.41, 5.74) is 8.35. The molecule has 2 aliphatic heterocycles. The number of imidazole rings is 2. The number of nitrogens with one attached hydrogen (secondary N) is 3. The maximum atomic E-state index is 15.1. The van der Waals surface area contributed by atoms with Crippen LogP contribution in [0.2, 0.25) is 10.0 Å². The Balaban J connectivity index is 0.000000184. The van der Waals surface area contributed by atoms with Gasteiger partial charge in [-0.15, -0.1) is 16.4 Å². The van der Waals surface area contributed by atoms with E-state index < -0.39 is 11.6 Å². The van der Waals surface area contributed by atoms with Crippen molar-refractivity contribution in [3.63, 3.8) is 0 Å². The molecule has 0 bridgehead atoms. The van der Waals surface area contributed by atoms with Crippen LogP contribution in [0, 0.1) is 11.6 Å². The highest BCUT2D eigenvalue weighted by molar-refractivity contribution is 7.13. The molecule has 2 aromatic carbocycles. The third kappa shape index (κ3) is 10.2. The molecular formula is C45H45Cl2F2N13O4S. The summed E-state index contributed by atoms with van der Waals surface area (Å²) in [5, 5.41) is 17.0. The number of hydrogen-bond acceptors (Lipinski definition) is 14. The van der Waals surface area contributed by atoms with Crippen LogP contribution in [0.15, 0.2) is 94.7 Å². The summed E-state index contributed by atoms with van der Waals surface area (Å²) in [6.07, 6.45) is 6.22. The second kappa shape index (κ2) is 20.6. The topological polar surface area (TPSA) is 171 Å². The largest absolute Gasteiger partial charge is 0.467 e. The Morgan fingerprint density at radius 3 is 1.87 bits per heavy atom. The van der Waals surface area contributed by atoms with Gasteiger partial charge in [0.25, 0.3) is 11.8 Å². The molecule has 9 rings (SSSR count). The van der Waals surface area contributed by atoms with E-state index in [0.717, 1.165) is 5.13 Å². The third-order valence-electron chi connectivity index (χ3n) is 10.7. The first-order chi connectivity index (χ1) is 32.5. The van der Waals surface area contributed by atoms with Crippen molar-refractivity contribution in [2.24, 2.45) is 10.1 Å². The number of pyridine rings is 2. The Labute approximate surface area is 397 Å². The number of aliphatic imine (C=N–C) groups is 1. The molecule has 2 amide bonds. The van der Waals surface area contributed by atoms with E-state index >= 15 is 4.39 Å². The summed E-state index contributed by atoms with van der Waals surface area (Å²) in [4.78, 5) is 45.2. The van der Waals surface area contributed by atoms with Gasteiger partial charge in [0.1, 0.15) is 34.3 Å². The molecular weight excluding hydrogens is 928 g/mol. The monoisotopic (exact) mass is 971 g/mol. The summed E-state index contributed by atoms with van der Waals surface area (Å²) >= 11 is 13.7. The number of amides is 2.